The van der Waals surface area contributed by atoms with Crippen LogP contribution in [0, 0.1) is 5.82 Å². The molecule has 1 aliphatic rings. The van der Waals surface area contributed by atoms with Gasteiger partial charge in [0.2, 0.25) is 0 Å². The van der Waals surface area contributed by atoms with Gasteiger partial charge < -0.3 is 23.9 Å². The minimum Gasteiger partial charge on any atom is -0.484 e. The largest absolute Gasteiger partial charge is 0.484 e. The summed E-state index contributed by atoms with van der Waals surface area (Å²) in [7, 11) is 0. The standard InChI is InChI=1S/C22H20FNO6/c1-13(25)12-29-19-10-16-18(11-17(19)24-6-8-28-9-7-24)30-21(20(16)22(26)27)14-2-4-15(23)5-3-14/h2-5,10-11H,6-9,12H2,1H3,(H,26,27). The molecule has 156 valence electrons. The SMILES string of the molecule is CC(=O)COc1cc2c(C(=O)O)c(-c3ccc(F)cc3)oc2cc1N1CCOCC1. The molecule has 1 aliphatic heterocycles. The second kappa shape index (κ2) is 8.16. The van der Waals surface area contributed by atoms with E-state index in [1.807, 2.05) is 4.90 Å². The number of anilines is 1. The minimum absolute atomic E-state index is 0.0437. The molecule has 1 N–H and O–H groups in total. The maximum Gasteiger partial charge on any atom is 0.340 e. The Morgan fingerprint density at radius 1 is 1.17 bits per heavy atom. The number of hydrogen-bond donors (Lipinski definition) is 1. The summed E-state index contributed by atoms with van der Waals surface area (Å²) in [6.07, 6.45) is 0. The van der Waals surface area contributed by atoms with Gasteiger partial charge in [0.1, 0.15) is 35.1 Å². The maximum absolute atomic E-state index is 13.3. The number of halogens is 1. The van der Waals surface area contributed by atoms with Crippen molar-refractivity contribution >= 4 is 28.4 Å². The Balaban J connectivity index is 1.89. The number of furan rings is 1. The summed E-state index contributed by atoms with van der Waals surface area (Å²) in [5, 5.41) is 10.2. The minimum atomic E-state index is -1.18. The highest BCUT2D eigenvalue weighted by Crippen LogP contribution is 2.40. The molecule has 0 atom stereocenters. The quantitative estimate of drug-likeness (QED) is 0.658. The van der Waals surface area contributed by atoms with Crippen molar-refractivity contribution < 1.29 is 33.0 Å². The number of Topliss-reactive ketones (excluding diaryl/α,β-unsaturated/α-hetero) is 1. The Kier molecular flexibility index (Phi) is 5.41. The first-order chi connectivity index (χ1) is 14.4. The van der Waals surface area contributed by atoms with Crippen molar-refractivity contribution in [2.75, 3.05) is 37.8 Å². The van der Waals surface area contributed by atoms with E-state index < -0.39 is 11.8 Å². The number of rotatable bonds is 6. The predicted molar refractivity (Wildman–Crippen MR) is 108 cm³/mol. The second-order valence-corrected chi connectivity index (χ2v) is 7.02. The fourth-order valence-electron chi connectivity index (χ4n) is 3.48. The zero-order valence-electron chi connectivity index (χ0n) is 16.3. The number of ether oxygens (including phenoxy) is 2. The van der Waals surface area contributed by atoms with Crippen molar-refractivity contribution in [2.24, 2.45) is 0 Å². The molecule has 0 unspecified atom stereocenters. The molecule has 1 aromatic heterocycles. The molecule has 0 amide bonds. The number of benzene rings is 2. The monoisotopic (exact) mass is 413 g/mol. The van der Waals surface area contributed by atoms with Gasteiger partial charge in [-0.25, -0.2) is 9.18 Å². The van der Waals surface area contributed by atoms with Crippen molar-refractivity contribution in [1.29, 1.82) is 0 Å². The molecule has 0 aliphatic carbocycles. The fourth-order valence-corrected chi connectivity index (χ4v) is 3.48. The van der Waals surface area contributed by atoms with Crippen LogP contribution in [0.2, 0.25) is 0 Å². The summed E-state index contributed by atoms with van der Waals surface area (Å²) >= 11 is 0. The predicted octanol–water partition coefficient (Wildman–Crippen LogP) is 3.74. The summed E-state index contributed by atoms with van der Waals surface area (Å²) in [6, 6.07) is 8.73. The number of carbonyl (C=O) groups excluding carboxylic acids is 1. The summed E-state index contributed by atoms with van der Waals surface area (Å²) in [4.78, 5) is 25.5. The molecular weight excluding hydrogens is 393 g/mol. The normalized spacial score (nSPS) is 14.1. The Hall–Kier alpha value is -3.39. The third kappa shape index (κ3) is 3.86. The number of hydrogen-bond acceptors (Lipinski definition) is 6. The van der Waals surface area contributed by atoms with Crippen molar-refractivity contribution in [3.63, 3.8) is 0 Å². The fraction of sp³-hybridized carbons (Fsp3) is 0.273. The van der Waals surface area contributed by atoms with Crippen LogP contribution in [0.3, 0.4) is 0 Å². The molecule has 0 spiro atoms. The first-order valence-electron chi connectivity index (χ1n) is 9.48. The summed E-state index contributed by atoms with van der Waals surface area (Å²) in [5.41, 5.74) is 1.47. The first-order valence-corrected chi connectivity index (χ1v) is 9.48. The lowest BCUT2D eigenvalue weighted by molar-refractivity contribution is -0.118. The van der Waals surface area contributed by atoms with Crippen LogP contribution in [0.5, 0.6) is 5.75 Å². The summed E-state index contributed by atoms with van der Waals surface area (Å²) in [6.45, 7) is 3.62. The van der Waals surface area contributed by atoms with Crippen molar-refractivity contribution in [3.8, 4) is 17.1 Å². The number of nitrogens with zero attached hydrogens (tertiary/aromatic N) is 1. The van der Waals surface area contributed by atoms with Gasteiger partial charge in [-0.15, -0.1) is 0 Å². The molecule has 8 heteroatoms. The van der Waals surface area contributed by atoms with E-state index in [-0.39, 0.29) is 23.7 Å². The van der Waals surface area contributed by atoms with E-state index >= 15 is 0 Å². The molecule has 2 aromatic carbocycles. The van der Waals surface area contributed by atoms with E-state index in [1.165, 1.54) is 31.2 Å². The van der Waals surface area contributed by atoms with E-state index in [4.69, 9.17) is 13.9 Å². The molecule has 30 heavy (non-hydrogen) atoms. The van der Waals surface area contributed by atoms with Gasteiger partial charge in [-0.3, -0.25) is 4.79 Å². The van der Waals surface area contributed by atoms with Crippen molar-refractivity contribution in [3.05, 3.63) is 47.8 Å². The number of carbonyl (C=O) groups is 2. The molecule has 3 aromatic rings. The van der Waals surface area contributed by atoms with Crippen LogP contribution in [-0.4, -0.2) is 49.8 Å². The van der Waals surface area contributed by atoms with Crippen LogP contribution in [0.25, 0.3) is 22.3 Å². The lowest BCUT2D eigenvalue weighted by Crippen LogP contribution is -2.36. The van der Waals surface area contributed by atoms with Gasteiger partial charge in [0.25, 0.3) is 0 Å². The number of aromatic carboxylic acids is 1. The molecule has 0 saturated carbocycles. The van der Waals surface area contributed by atoms with Crippen LogP contribution >= 0.6 is 0 Å². The van der Waals surface area contributed by atoms with Gasteiger partial charge in [0.05, 0.1) is 18.9 Å². The number of ketones is 1. The smallest absolute Gasteiger partial charge is 0.340 e. The van der Waals surface area contributed by atoms with Crippen molar-refractivity contribution in [2.45, 2.75) is 6.92 Å². The highest BCUT2D eigenvalue weighted by molar-refractivity contribution is 6.09. The summed E-state index contributed by atoms with van der Waals surface area (Å²) < 4.78 is 30.3. The van der Waals surface area contributed by atoms with Gasteiger partial charge in [0, 0.05) is 30.1 Å². The molecule has 0 bridgehead atoms. The second-order valence-electron chi connectivity index (χ2n) is 7.02. The van der Waals surface area contributed by atoms with Crippen LogP contribution < -0.4 is 9.64 Å². The average Bonchev–Trinajstić information content (AvgIpc) is 3.11. The molecule has 4 rings (SSSR count). The van der Waals surface area contributed by atoms with E-state index in [9.17, 15) is 19.1 Å². The first kappa shape index (κ1) is 19.9. The highest BCUT2D eigenvalue weighted by atomic mass is 19.1. The van der Waals surface area contributed by atoms with Gasteiger partial charge in [-0.05, 0) is 37.3 Å². The molecule has 2 heterocycles. The van der Waals surface area contributed by atoms with E-state index in [2.05, 4.69) is 0 Å². The summed E-state index contributed by atoms with van der Waals surface area (Å²) in [5.74, 6) is -1.23. The number of morpholine rings is 1. The Morgan fingerprint density at radius 3 is 2.50 bits per heavy atom. The van der Waals surface area contributed by atoms with E-state index in [0.29, 0.717) is 54.3 Å². The van der Waals surface area contributed by atoms with E-state index in [0.717, 1.165) is 0 Å². The van der Waals surface area contributed by atoms with Crippen molar-refractivity contribution in [1.82, 2.24) is 0 Å². The van der Waals surface area contributed by atoms with Gasteiger partial charge in [0.15, 0.2) is 5.78 Å². The number of fused-ring (bicyclic) bond motifs is 1. The lowest BCUT2D eigenvalue weighted by atomic mass is 10.0. The van der Waals surface area contributed by atoms with Gasteiger partial charge in [-0.2, -0.15) is 0 Å². The zero-order valence-corrected chi connectivity index (χ0v) is 16.3. The van der Waals surface area contributed by atoms with Crippen LogP contribution in [0.15, 0.2) is 40.8 Å². The number of carboxylic acids is 1. The Morgan fingerprint density at radius 2 is 1.87 bits per heavy atom. The van der Waals surface area contributed by atoms with Crippen LogP contribution in [0.1, 0.15) is 17.3 Å². The highest BCUT2D eigenvalue weighted by Gasteiger charge is 2.25. The molecular formula is C22H20FNO6. The lowest BCUT2D eigenvalue weighted by Gasteiger charge is -2.30. The Labute approximate surface area is 171 Å². The third-order valence-electron chi connectivity index (χ3n) is 4.87. The number of carboxylic acid groups (broad SMARTS) is 1. The van der Waals surface area contributed by atoms with Gasteiger partial charge in [-0.1, -0.05) is 0 Å². The Bertz CT molecular complexity index is 1100. The van der Waals surface area contributed by atoms with Crippen LogP contribution in [-0.2, 0) is 9.53 Å². The van der Waals surface area contributed by atoms with Gasteiger partial charge >= 0.3 is 5.97 Å². The molecule has 7 nitrogen and oxygen atoms in total. The maximum atomic E-state index is 13.3. The van der Waals surface area contributed by atoms with E-state index in [1.54, 1.807) is 12.1 Å². The average molecular weight is 413 g/mol. The topological polar surface area (TPSA) is 89.2 Å². The zero-order chi connectivity index (χ0) is 21.3. The molecule has 0 radical (unpaired) electrons. The van der Waals surface area contributed by atoms with Crippen LogP contribution in [0.4, 0.5) is 10.1 Å². The third-order valence-corrected chi connectivity index (χ3v) is 4.87. The molecule has 1 saturated heterocycles. The molecule has 1 fully saturated rings.